The van der Waals surface area contributed by atoms with Gasteiger partial charge < -0.3 is 5.32 Å². The molecule has 0 radical (unpaired) electrons. The normalized spacial score (nSPS) is 13.1. The van der Waals surface area contributed by atoms with E-state index in [0.717, 1.165) is 46.0 Å². The minimum absolute atomic E-state index is 0.0764. The molecule has 7 nitrogen and oxygen atoms in total. The third-order valence-electron chi connectivity index (χ3n) is 6.82. The Labute approximate surface area is 232 Å². The van der Waals surface area contributed by atoms with Gasteiger partial charge in [0.15, 0.2) is 0 Å². The van der Waals surface area contributed by atoms with Crippen LogP contribution >= 0.6 is 0 Å². The Morgan fingerprint density at radius 2 is 1.28 bits per heavy atom. The highest BCUT2D eigenvalue weighted by Crippen LogP contribution is 2.29. The Morgan fingerprint density at radius 1 is 0.795 bits per heavy atom. The Morgan fingerprint density at radius 3 is 1.82 bits per heavy atom. The van der Waals surface area contributed by atoms with Crippen molar-refractivity contribution < 1.29 is 0 Å². The largest absolute Gasteiger partial charge is 0.312 e. The smallest absolute Gasteiger partial charge is 0.0699 e. The third-order valence-corrected chi connectivity index (χ3v) is 6.82. The van der Waals surface area contributed by atoms with Crippen molar-refractivity contribution in [2.24, 2.45) is 9.98 Å². The van der Waals surface area contributed by atoms with Gasteiger partial charge in [-0.15, -0.1) is 0 Å². The van der Waals surface area contributed by atoms with Crippen molar-refractivity contribution in [3.63, 3.8) is 0 Å². The molecule has 0 saturated heterocycles. The van der Waals surface area contributed by atoms with Crippen molar-refractivity contribution in [3.8, 4) is 11.4 Å². The van der Waals surface area contributed by atoms with Crippen molar-refractivity contribution in [3.05, 3.63) is 94.6 Å². The minimum atomic E-state index is -0.0764. The van der Waals surface area contributed by atoms with E-state index >= 15 is 0 Å². The van der Waals surface area contributed by atoms with Crippen LogP contribution in [0.2, 0.25) is 0 Å². The van der Waals surface area contributed by atoms with Gasteiger partial charge in [-0.2, -0.15) is 10.2 Å². The van der Waals surface area contributed by atoms with E-state index in [9.17, 15) is 0 Å². The van der Waals surface area contributed by atoms with Gasteiger partial charge in [-0.1, -0.05) is 57.2 Å². The van der Waals surface area contributed by atoms with Crippen LogP contribution < -0.4 is 5.32 Å². The fourth-order valence-electron chi connectivity index (χ4n) is 4.77. The highest BCUT2D eigenvalue weighted by molar-refractivity contribution is 5.84. The number of para-hydroxylation sites is 2. The first-order valence-corrected chi connectivity index (χ1v) is 13.7. The third kappa shape index (κ3) is 6.42. The number of rotatable bonds is 10. The second-order valence-electron chi connectivity index (χ2n) is 10.9. The van der Waals surface area contributed by atoms with E-state index in [-0.39, 0.29) is 11.5 Å². The summed E-state index contributed by atoms with van der Waals surface area (Å²) < 4.78 is 4.08. The fraction of sp³-hybridized carbons (Fsp3) is 0.375. The first-order valence-electron chi connectivity index (χ1n) is 13.7. The molecule has 0 aliphatic heterocycles. The topological polar surface area (TPSA) is 72.4 Å². The van der Waals surface area contributed by atoms with Gasteiger partial charge in [0.25, 0.3) is 0 Å². The molecule has 204 valence electrons. The lowest BCUT2D eigenvalue weighted by Gasteiger charge is -2.21. The summed E-state index contributed by atoms with van der Waals surface area (Å²) in [6.45, 7) is 14.3. The van der Waals surface area contributed by atoms with Crippen molar-refractivity contribution in [2.45, 2.75) is 59.4 Å². The second-order valence-corrected chi connectivity index (χ2v) is 10.9. The first-order chi connectivity index (χ1) is 18.7. The molecule has 2 aromatic carbocycles. The van der Waals surface area contributed by atoms with Gasteiger partial charge in [0.05, 0.1) is 34.2 Å². The highest BCUT2D eigenvalue weighted by atomic mass is 15.3. The van der Waals surface area contributed by atoms with Crippen LogP contribution in [0.15, 0.2) is 70.6 Å². The van der Waals surface area contributed by atoms with E-state index in [1.807, 2.05) is 67.5 Å². The average Bonchev–Trinajstić information content (AvgIpc) is 3.45. The molecule has 1 atom stereocenters. The molecule has 1 unspecified atom stereocenters. The van der Waals surface area contributed by atoms with Crippen molar-refractivity contribution in [1.29, 1.82) is 0 Å². The number of aromatic nitrogens is 4. The Kier molecular flexibility index (Phi) is 8.92. The van der Waals surface area contributed by atoms with Crippen LogP contribution in [-0.2, 0) is 5.41 Å². The molecule has 2 heterocycles. The number of hydrogen-bond donors (Lipinski definition) is 1. The lowest BCUT2D eigenvalue weighted by molar-refractivity contribution is 0.543. The summed E-state index contributed by atoms with van der Waals surface area (Å²) >= 11 is 0. The first kappa shape index (κ1) is 28.2. The highest BCUT2D eigenvalue weighted by Gasteiger charge is 2.26. The summed E-state index contributed by atoms with van der Waals surface area (Å²) in [6, 6.07) is 20.7. The van der Waals surface area contributed by atoms with Gasteiger partial charge in [0.2, 0.25) is 0 Å². The van der Waals surface area contributed by atoms with Crippen LogP contribution in [0.25, 0.3) is 11.4 Å². The monoisotopic (exact) mass is 523 g/mol. The zero-order valence-electron chi connectivity index (χ0n) is 24.3. The van der Waals surface area contributed by atoms with E-state index in [1.54, 1.807) is 0 Å². The summed E-state index contributed by atoms with van der Waals surface area (Å²) in [5, 5.41) is 13.0. The van der Waals surface area contributed by atoms with E-state index in [1.165, 1.54) is 5.69 Å². The quantitative estimate of drug-likeness (QED) is 0.199. The average molecular weight is 524 g/mol. The maximum Gasteiger partial charge on any atom is 0.0699 e. The summed E-state index contributed by atoms with van der Waals surface area (Å²) in [4.78, 5) is 9.52. The van der Waals surface area contributed by atoms with E-state index in [4.69, 9.17) is 20.2 Å². The predicted molar refractivity (Wildman–Crippen MR) is 162 cm³/mol. The zero-order chi connectivity index (χ0) is 28.0. The van der Waals surface area contributed by atoms with Gasteiger partial charge in [-0.25, -0.2) is 9.36 Å². The lowest BCUT2D eigenvalue weighted by atomic mass is 9.88. The molecule has 0 fully saturated rings. The Bertz CT molecular complexity index is 1420. The number of hydrogen-bond acceptors (Lipinski definition) is 5. The SMILES string of the molecule is CNC(C)c1c(C=NCCCN=Cc2c(C)nn(-c3ccccc3)c2C(C)(C)C)c(C)nn1-c1ccccc1. The van der Waals surface area contributed by atoms with Gasteiger partial charge in [-0.05, 0) is 58.5 Å². The van der Waals surface area contributed by atoms with E-state index in [0.29, 0.717) is 13.1 Å². The summed E-state index contributed by atoms with van der Waals surface area (Å²) in [5.41, 5.74) is 8.46. The molecule has 0 aliphatic rings. The Balaban J connectivity index is 1.46. The molecular weight excluding hydrogens is 482 g/mol. The van der Waals surface area contributed by atoms with Crippen LogP contribution in [0.5, 0.6) is 0 Å². The standard InChI is InChI=1S/C32H41N7/c1-23-28(30(25(3)33-7)38(36-23)26-15-10-8-11-16-26)21-34-19-14-20-35-22-29-24(2)37-39(31(29)32(4,5)6)27-17-12-9-13-18-27/h8-13,15-18,21-22,25,33H,14,19-20H2,1-7H3. The summed E-state index contributed by atoms with van der Waals surface area (Å²) in [5.74, 6) is 0. The number of aryl methyl sites for hydroxylation is 2. The van der Waals surface area contributed by atoms with Crippen molar-refractivity contribution >= 4 is 12.4 Å². The van der Waals surface area contributed by atoms with E-state index < -0.39 is 0 Å². The van der Waals surface area contributed by atoms with Crippen LogP contribution in [0.3, 0.4) is 0 Å². The number of nitrogens with one attached hydrogen (secondary N) is 1. The van der Waals surface area contributed by atoms with Crippen LogP contribution in [-0.4, -0.2) is 52.1 Å². The summed E-state index contributed by atoms with van der Waals surface area (Å²) in [7, 11) is 1.97. The van der Waals surface area contributed by atoms with Gasteiger partial charge in [0, 0.05) is 48.1 Å². The second kappa shape index (κ2) is 12.3. The van der Waals surface area contributed by atoms with E-state index in [2.05, 4.69) is 68.9 Å². The van der Waals surface area contributed by atoms with Gasteiger partial charge >= 0.3 is 0 Å². The van der Waals surface area contributed by atoms with Crippen LogP contribution in [0.1, 0.15) is 74.1 Å². The van der Waals surface area contributed by atoms with Gasteiger partial charge in [0.1, 0.15) is 0 Å². The molecule has 0 amide bonds. The zero-order valence-corrected chi connectivity index (χ0v) is 24.3. The number of nitrogens with zero attached hydrogens (tertiary/aromatic N) is 6. The minimum Gasteiger partial charge on any atom is -0.312 e. The van der Waals surface area contributed by atoms with Crippen molar-refractivity contribution in [2.75, 3.05) is 20.1 Å². The number of aliphatic imine (C=N–C) groups is 2. The van der Waals surface area contributed by atoms with Crippen molar-refractivity contribution in [1.82, 2.24) is 24.9 Å². The summed E-state index contributed by atoms with van der Waals surface area (Å²) in [6.07, 6.45) is 4.83. The molecule has 4 rings (SSSR count). The molecule has 0 bridgehead atoms. The van der Waals surface area contributed by atoms with Crippen LogP contribution in [0, 0.1) is 13.8 Å². The lowest BCUT2D eigenvalue weighted by Crippen LogP contribution is -2.19. The molecular formula is C32H41N7. The molecule has 0 spiro atoms. The Hall–Kier alpha value is -3.84. The molecule has 0 aliphatic carbocycles. The maximum absolute atomic E-state index is 4.86. The van der Waals surface area contributed by atoms with Gasteiger partial charge in [-0.3, -0.25) is 9.98 Å². The number of benzene rings is 2. The fourth-order valence-corrected chi connectivity index (χ4v) is 4.77. The molecule has 0 saturated carbocycles. The molecule has 2 aromatic heterocycles. The predicted octanol–water partition coefficient (Wildman–Crippen LogP) is 6.18. The molecule has 7 heteroatoms. The molecule has 4 aromatic rings. The molecule has 39 heavy (non-hydrogen) atoms. The van der Waals surface area contributed by atoms with Crippen LogP contribution in [0.4, 0.5) is 0 Å². The molecule has 1 N–H and O–H groups in total. The maximum atomic E-state index is 4.86.